The standard InChI is InChI=1S/C22H34N2O/c1-4-5-8-18-11-13-23(14-12-18)21-15-19-9-6-7-10-20(19)24(22(21)25)16-17(2)3/h6-7,9-10,17-18,21H,4-5,8,11-16H2,1-3H3. The number of piperidine rings is 1. The predicted molar refractivity (Wildman–Crippen MR) is 105 cm³/mol. The summed E-state index contributed by atoms with van der Waals surface area (Å²) in [6, 6.07) is 8.52. The van der Waals surface area contributed by atoms with Gasteiger partial charge in [0.25, 0.3) is 0 Å². The van der Waals surface area contributed by atoms with Gasteiger partial charge in [-0.1, -0.05) is 58.2 Å². The van der Waals surface area contributed by atoms with E-state index in [0.717, 1.165) is 37.7 Å². The highest BCUT2D eigenvalue weighted by Gasteiger charge is 2.37. The van der Waals surface area contributed by atoms with Gasteiger partial charge in [0.05, 0.1) is 6.04 Å². The highest BCUT2D eigenvalue weighted by Crippen LogP contribution is 2.32. The van der Waals surface area contributed by atoms with Crippen molar-refractivity contribution in [2.24, 2.45) is 11.8 Å². The first-order valence-corrected chi connectivity index (χ1v) is 10.2. The molecule has 2 heterocycles. The van der Waals surface area contributed by atoms with Gasteiger partial charge in [-0.15, -0.1) is 0 Å². The van der Waals surface area contributed by atoms with Crippen molar-refractivity contribution in [3.05, 3.63) is 29.8 Å². The van der Waals surface area contributed by atoms with Crippen LogP contribution in [0.1, 0.15) is 58.4 Å². The maximum Gasteiger partial charge on any atom is 0.244 e. The molecule has 0 radical (unpaired) electrons. The van der Waals surface area contributed by atoms with Crippen LogP contribution < -0.4 is 4.90 Å². The van der Waals surface area contributed by atoms with E-state index in [-0.39, 0.29) is 6.04 Å². The van der Waals surface area contributed by atoms with E-state index in [1.807, 2.05) is 0 Å². The number of hydrogen-bond acceptors (Lipinski definition) is 2. The number of amides is 1. The molecule has 1 amide bonds. The predicted octanol–water partition coefficient (Wildman–Crippen LogP) is 4.50. The number of nitrogens with zero attached hydrogens (tertiary/aromatic N) is 2. The third kappa shape index (κ3) is 4.25. The lowest BCUT2D eigenvalue weighted by atomic mass is 9.88. The summed E-state index contributed by atoms with van der Waals surface area (Å²) < 4.78 is 0. The molecule has 1 aromatic carbocycles. The average Bonchev–Trinajstić information content (AvgIpc) is 2.62. The number of likely N-dealkylation sites (tertiary alicyclic amines) is 1. The maximum absolute atomic E-state index is 13.3. The second kappa shape index (κ2) is 8.35. The maximum atomic E-state index is 13.3. The number of carbonyl (C=O) groups excluding carboxylic acids is 1. The number of anilines is 1. The first kappa shape index (κ1) is 18.4. The molecule has 1 saturated heterocycles. The lowest BCUT2D eigenvalue weighted by molar-refractivity contribution is -0.125. The molecule has 0 bridgehead atoms. The Morgan fingerprint density at radius 1 is 1.16 bits per heavy atom. The Morgan fingerprint density at radius 3 is 2.56 bits per heavy atom. The van der Waals surface area contributed by atoms with Crippen molar-refractivity contribution in [1.29, 1.82) is 0 Å². The largest absolute Gasteiger partial charge is 0.311 e. The van der Waals surface area contributed by atoms with Crippen LogP contribution in [0.25, 0.3) is 0 Å². The molecule has 0 N–H and O–H groups in total. The molecule has 2 aliphatic heterocycles. The van der Waals surface area contributed by atoms with Gasteiger partial charge in [-0.05, 0) is 55.8 Å². The summed E-state index contributed by atoms with van der Waals surface area (Å²) in [5.74, 6) is 1.67. The quantitative estimate of drug-likeness (QED) is 0.760. The van der Waals surface area contributed by atoms with E-state index in [4.69, 9.17) is 0 Å². The molecule has 2 aliphatic rings. The monoisotopic (exact) mass is 342 g/mol. The summed E-state index contributed by atoms with van der Waals surface area (Å²) >= 11 is 0. The molecule has 138 valence electrons. The Labute approximate surface area is 153 Å². The fourth-order valence-corrected chi connectivity index (χ4v) is 4.43. The average molecular weight is 343 g/mol. The molecule has 3 nitrogen and oxygen atoms in total. The van der Waals surface area contributed by atoms with Crippen LogP contribution in [0.4, 0.5) is 5.69 Å². The van der Waals surface area contributed by atoms with E-state index in [9.17, 15) is 4.79 Å². The Morgan fingerprint density at radius 2 is 1.88 bits per heavy atom. The molecule has 0 aliphatic carbocycles. The molecule has 1 aromatic rings. The highest BCUT2D eigenvalue weighted by atomic mass is 16.2. The van der Waals surface area contributed by atoms with E-state index >= 15 is 0 Å². The third-order valence-electron chi connectivity index (χ3n) is 5.85. The van der Waals surface area contributed by atoms with Crippen LogP contribution in [0.3, 0.4) is 0 Å². The smallest absolute Gasteiger partial charge is 0.244 e. The fourth-order valence-electron chi connectivity index (χ4n) is 4.43. The van der Waals surface area contributed by atoms with Gasteiger partial charge in [-0.2, -0.15) is 0 Å². The van der Waals surface area contributed by atoms with Crippen molar-refractivity contribution in [2.75, 3.05) is 24.5 Å². The number of hydrogen-bond donors (Lipinski definition) is 0. The van der Waals surface area contributed by atoms with Crippen LogP contribution in [0.2, 0.25) is 0 Å². The number of carbonyl (C=O) groups is 1. The normalized spacial score (nSPS) is 22.5. The summed E-state index contributed by atoms with van der Waals surface area (Å²) in [5.41, 5.74) is 2.47. The second-order valence-corrected chi connectivity index (χ2v) is 8.31. The third-order valence-corrected chi connectivity index (χ3v) is 5.85. The zero-order valence-corrected chi connectivity index (χ0v) is 16.2. The van der Waals surface area contributed by atoms with Crippen LogP contribution in [-0.4, -0.2) is 36.5 Å². The molecule has 25 heavy (non-hydrogen) atoms. The summed E-state index contributed by atoms with van der Waals surface area (Å²) in [4.78, 5) is 17.8. The number of rotatable bonds is 6. The minimum Gasteiger partial charge on any atom is -0.311 e. The molecule has 3 heteroatoms. The van der Waals surface area contributed by atoms with E-state index in [1.54, 1.807) is 0 Å². The van der Waals surface area contributed by atoms with Gasteiger partial charge in [-0.25, -0.2) is 0 Å². The Hall–Kier alpha value is -1.35. The van der Waals surface area contributed by atoms with E-state index in [2.05, 4.69) is 54.8 Å². The summed E-state index contributed by atoms with van der Waals surface area (Å²) in [7, 11) is 0. The molecule has 1 atom stereocenters. The Bertz CT molecular complexity index is 575. The zero-order chi connectivity index (χ0) is 17.8. The second-order valence-electron chi connectivity index (χ2n) is 8.31. The summed E-state index contributed by atoms with van der Waals surface area (Å²) in [6.45, 7) is 9.65. The molecule has 1 fully saturated rings. The van der Waals surface area contributed by atoms with Crippen molar-refractivity contribution < 1.29 is 4.79 Å². The minimum absolute atomic E-state index is 0.0424. The molecule has 0 spiro atoms. The van der Waals surface area contributed by atoms with Crippen molar-refractivity contribution >= 4 is 11.6 Å². The molecule has 1 unspecified atom stereocenters. The minimum atomic E-state index is 0.0424. The topological polar surface area (TPSA) is 23.6 Å². The first-order valence-electron chi connectivity index (χ1n) is 10.2. The van der Waals surface area contributed by atoms with E-state index in [0.29, 0.717) is 11.8 Å². The van der Waals surface area contributed by atoms with Crippen LogP contribution in [0.15, 0.2) is 24.3 Å². The van der Waals surface area contributed by atoms with Crippen molar-refractivity contribution in [3.63, 3.8) is 0 Å². The zero-order valence-electron chi connectivity index (χ0n) is 16.2. The number of benzene rings is 1. The summed E-state index contributed by atoms with van der Waals surface area (Å²) in [5, 5.41) is 0. The van der Waals surface area contributed by atoms with Gasteiger partial charge in [0.15, 0.2) is 0 Å². The molecular formula is C22H34N2O. The number of fused-ring (bicyclic) bond motifs is 1. The van der Waals surface area contributed by atoms with Gasteiger partial charge in [-0.3, -0.25) is 9.69 Å². The van der Waals surface area contributed by atoms with Gasteiger partial charge in [0, 0.05) is 12.2 Å². The van der Waals surface area contributed by atoms with Crippen molar-refractivity contribution in [1.82, 2.24) is 4.90 Å². The SMILES string of the molecule is CCCCC1CCN(C2Cc3ccccc3N(CC(C)C)C2=O)CC1. The fraction of sp³-hybridized carbons (Fsp3) is 0.682. The van der Waals surface area contributed by atoms with Crippen LogP contribution in [0.5, 0.6) is 0 Å². The van der Waals surface area contributed by atoms with Gasteiger partial charge < -0.3 is 4.90 Å². The van der Waals surface area contributed by atoms with E-state index < -0.39 is 0 Å². The molecule has 0 aromatic heterocycles. The highest BCUT2D eigenvalue weighted by molar-refractivity contribution is 6.00. The van der Waals surface area contributed by atoms with Gasteiger partial charge >= 0.3 is 0 Å². The summed E-state index contributed by atoms with van der Waals surface area (Å²) in [6.07, 6.45) is 7.41. The Kier molecular flexibility index (Phi) is 6.16. The molecule has 3 rings (SSSR count). The lowest BCUT2D eigenvalue weighted by Gasteiger charge is -2.42. The van der Waals surface area contributed by atoms with Crippen LogP contribution in [-0.2, 0) is 11.2 Å². The van der Waals surface area contributed by atoms with Crippen LogP contribution in [0, 0.1) is 11.8 Å². The molecule has 0 saturated carbocycles. The van der Waals surface area contributed by atoms with Crippen molar-refractivity contribution in [2.45, 2.75) is 65.3 Å². The van der Waals surface area contributed by atoms with Gasteiger partial charge in [0.1, 0.15) is 0 Å². The number of unbranched alkanes of at least 4 members (excludes halogenated alkanes) is 1. The van der Waals surface area contributed by atoms with Gasteiger partial charge in [0.2, 0.25) is 5.91 Å². The first-order chi connectivity index (χ1) is 12.1. The number of para-hydroxylation sites is 1. The van der Waals surface area contributed by atoms with Crippen LogP contribution >= 0.6 is 0 Å². The van der Waals surface area contributed by atoms with Crippen molar-refractivity contribution in [3.8, 4) is 0 Å². The van der Waals surface area contributed by atoms with E-state index in [1.165, 1.54) is 37.7 Å². The lowest BCUT2D eigenvalue weighted by Crippen LogP contribution is -2.55. The molecular weight excluding hydrogens is 308 g/mol. The Balaban J connectivity index is 1.72.